The second-order valence-corrected chi connectivity index (χ2v) is 5.30. The van der Waals surface area contributed by atoms with Gasteiger partial charge in [-0.25, -0.2) is 4.98 Å². The Kier molecular flexibility index (Phi) is 4.27. The molecule has 1 heterocycles. The predicted molar refractivity (Wildman–Crippen MR) is 71.1 cm³/mol. The number of halogens is 2. The summed E-state index contributed by atoms with van der Waals surface area (Å²) in [5.41, 5.74) is 0. The Labute approximate surface area is 120 Å². The number of ether oxygens (including phenoxy) is 1. The summed E-state index contributed by atoms with van der Waals surface area (Å²) in [5, 5.41) is 3.04. The minimum Gasteiger partial charge on any atom is -0.455 e. The highest BCUT2D eigenvalue weighted by atomic mass is 35.5. The molecule has 5 nitrogen and oxygen atoms in total. The van der Waals surface area contributed by atoms with Crippen molar-refractivity contribution in [2.75, 3.05) is 11.9 Å². The van der Waals surface area contributed by atoms with Crippen molar-refractivity contribution in [3.63, 3.8) is 0 Å². The zero-order valence-electron chi connectivity index (χ0n) is 10.2. The molecule has 0 aliphatic heterocycles. The molecule has 0 bridgehead atoms. The molecule has 0 unspecified atom stereocenters. The van der Waals surface area contributed by atoms with Crippen LogP contribution in [0.4, 0.5) is 5.82 Å². The molecule has 102 valence electrons. The SMILES string of the molecule is C[C@@H]1C[C@@H]1C(=O)OCC(=O)Nc1ncc(Cl)cc1Cl. The molecule has 1 aliphatic rings. The van der Waals surface area contributed by atoms with E-state index in [1.807, 2.05) is 6.92 Å². The Hall–Kier alpha value is -1.33. The highest BCUT2D eigenvalue weighted by Gasteiger charge is 2.40. The Morgan fingerprint density at radius 3 is 2.79 bits per heavy atom. The van der Waals surface area contributed by atoms with Crippen LogP contribution in [0.1, 0.15) is 13.3 Å². The van der Waals surface area contributed by atoms with Gasteiger partial charge in [-0.15, -0.1) is 0 Å². The van der Waals surface area contributed by atoms with Gasteiger partial charge in [-0.05, 0) is 18.4 Å². The van der Waals surface area contributed by atoms with E-state index >= 15 is 0 Å². The number of anilines is 1. The summed E-state index contributed by atoms with van der Waals surface area (Å²) >= 11 is 11.5. The molecule has 1 aromatic heterocycles. The van der Waals surface area contributed by atoms with Crippen LogP contribution >= 0.6 is 23.2 Å². The van der Waals surface area contributed by atoms with Gasteiger partial charge in [0.05, 0.1) is 16.0 Å². The zero-order chi connectivity index (χ0) is 14.0. The molecule has 1 aromatic rings. The lowest BCUT2D eigenvalue weighted by molar-refractivity contribution is -0.148. The van der Waals surface area contributed by atoms with Crippen molar-refractivity contribution in [1.82, 2.24) is 4.98 Å². The van der Waals surface area contributed by atoms with Gasteiger partial charge in [-0.3, -0.25) is 9.59 Å². The lowest BCUT2D eigenvalue weighted by Gasteiger charge is -2.07. The van der Waals surface area contributed by atoms with Gasteiger partial charge in [0.1, 0.15) is 0 Å². The molecule has 0 spiro atoms. The van der Waals surface area contributed by atoms with Crippen molar-refractivity contribution >= 4 is 40.9 Å². The third-order valence-electron chi connectivity index (χ3n) is 2.82. The topological polar surface area (TPSA) is 68.3 Å². The molecule has 2 rings (SSSR count). The number of pyridine rings is 1. The van der Waals surface area contributed by atoms with Crippen molar-refractivity contribution in [1.29, 1.82) is 0 Å². The van der Waals surface area contributed by atoms with Gasteiger partial charge in [0.15, 0.2) is 12.4 Å². The highest BCUT2D eigenvalue weighted by molar-refractivity contribution is 6.36. The van der Waals surface area contributed by atoms with Crippen LogP contribution in [0.2, 0.25) is 10.0 Å². The summed E-state index contributed by atoms with van der Waals surface area (Å²) < 4.78 is 4.89. The number of nitrogens with one attached hydrogen (secondary N) is 1. The standard InChI is InChI=1S/C12H12Cl2N2O3/c1-6-2-8(6)12(18)19-5-10(17)16-11-9(14)3-7(13)4-15-11/h3-4,6,8H,2,5H2,1H3,(H,15,16,17)/t6-,8+/m1/s1. The number of aromatic nitrogens is 1. The second-order valence-electron chi connectivity index (χ2n) is 4.46. The van der Waals surface area contributed by atoms with Gasteiger partial charge < -0.3 is 10.1 Å². The van der Waals surface area contributed by atoms with Crippen molar-refractivity contribution in [3.8, 4) is 0 Å². The first-order chi connectivity index (χ1) is 8.97. The molecular formula is C12H12Cl2N2O3. The Morgan fingerprint density at radius 1 is 1.53 bits per heavy atom. The van der Waals surface area contributed by atoms with E-state index in [0.717, 1.165) is 6.42 Å². The van der Waals surface area contributed by atoms with E-state index in [0.29, 0.717) is 10.9 Å². The zero-order valence-corrected chi connectivity index (χ0v) is 11.7. The predicted octanol–water partition coefficient (Wildman–Crippen LogP) is 2.53. The van der Waals surface area contributed by atoms with Crippen LogP contribution in [0.3, 0.4) is 0 Å². The van der Waals surface area contributed by atoms with Crippen molar-refractivity contribution < 1.29 is 14.3 Å². The number of nitrogens with zero attached hydrogens (tertiary/aromatic N) is 1. The highest BCUT2D eigenvalue weighted by Crippen LogP contribution is 2.38. The van der Waals surface area contributed by atoms with Gasteiger partial charge in [0, 0.05) is 6.20 Å². The summed E-state index contributed by atoms with van der Waals surface area (Å²) in [6, 6.07) is 1.46. The van der Waals surface area contributed by atoms with Crippen LogP contribution in [0.25, 0.3) is 0 Å². The van der Waals surface area contributed by atoms with Crippen LogP contribution in [0.15, 0.2) is 12.3 Å². The number of carbonyl (C=O) groups excluding carboxylic acids is 2. The van der Waals surface area contributed by atoms with E-state index in [9.17, 15) is 9.59 Å². The van der Waals surface area contributed by atoms with Gasteiger partial charge in [-0.1, -0.05) is 30.1 Å². The quantitative estimate of drug-likeness (QED) is 0.868. The molecule has 7 heteroatoms. The van der Waals surface area contributed by atoms with Crippen LogP contribution in [-0.2, 0) is 14.3 Å². The first kappa shape index (κ1) is 14.1. The second kappa shape index (κ2) is 5.75. The average Bonchev–Trinajstić information content (AvgIpc) is 3.07. The fourth-order valence-corrected chi connectivity index (χ4v) is 2.00. The third-order valence-corrected chi connectivity index (χ3v) is 3.32. The number of esters is 1. The van der Waals surface area contributed by atoms with Gasteiger partial charge in [0.2, 0.25) is 0 Å². The summed E-state index contributed by atoms with van der Waals surface area (Å²) in [4.78, 5) is 26.8. The Bertz CT molecular complexity index is 522. The number of rotatable bonds is 4. The first-order valence-electron chi connectivity index (χ1n) is 5.75. The number of hydrogen-bond acceptors (Lipinski definition) is 4. The van der Waals surface area contributed by atoms with Gasteiger partial charge in [0.25, 0.3) is 5.91 Å². The molecule has 19 heavy (non-hydrogen) atoms. The fourth-order valence-electron chi connectivity index (χ4n) is 1.57. The summed E-state index contributed by atoms with van der Waals surface area (Å²) in [6.07, 6.45) is 2.19. The Balaban J connectivity index is 1.82. The maximum absolute atomic E-state index is 11.6. The van der Waals surface area contributed by atoms with E-state index in [1.54, 1.807) is 0 Å². The van der Waals surface area contributed by atoms with Crippen LogP contribution in [-0.4, -0.2) is 23.5 Å². The maximum atomic E-state index is 11.6. The van der Waals surface area contributed by atoms with E-state index < -0.39 is 5.91 Å². The lowest BCUT2D eigenvalue weighted by atomic mass is 10.3. The van der Waals surface area contributed by atoms with Crippen molar-refractivity contribution in [3.05, 3.63) is 22.3 Å². The molecule has 1 N–H and O–H groups in total. The van der Waals surface area contributed by atoms with E-state index in [4.69, 9.17) is 27.9 Å². The minimum absolute atomic E-state index is 0.0648. The van der Waals surface area contributed by atoms with E-state index in [1.165, 1.54) is 12.3 Å². The molecule has 1 fully saturated rings. The fraction of sp³-hybridized carbons (Fsp3) is 0.417. The molecular weight excluding hydrogens is 291 g/mol. The number of amides is 1. The normalized spacial score (nSPS) is 20.8. The largest absolute Gasteiger partial charge is 0.455 e. The third kappa shape index (κ3) is 3.81. The van der Waals surface area contributed by atoms with Crippen LogP contribution < -0.4 is 5.32 Å². The number of carbonyl (C=O) groups is 2. The van der Waals surface area contributed by atoms with Gasteiger partial charge in [-0.2, -0.15) is 0 Å². The molecule has 1 amide bonds. The van der Waals surface area contributed by atoms with Gasteiger partial charge >= 0.3 is 5.97 Å². The minimum atomic E-state index is -0.488. The first-order valence-corrected chi connectivity index (χ1v) is 6.50. The van der Waals surface area contributed by atoms with E-state index in [2.05, 4.69) is 10.3 Å². The van der Waals surface area contributed by atoms with Crippen molar-refractivity contribution in [2.45, 2.75) is 13.3 Å². The summed E-state index contributed by atoms with van der Waals surface area (Å²) in [5.74, 6) is -0.351. The Morgan fingerprint density at radius 2 is 2.21 bits per heavy atom. The molecule has 0 saturated heterocycles. The molecule has 2 atom stereocenters. The van der Waals surface area contributed by atoms with Crippen molar-refractivity contribution in [2.24, 2.45) is 11.8 Å². The summed E-state index contributed by atoms with van der Waals surface area (Å²) in [7, 11) is 0. The molecule has 1 saturated carbocycles. The lowest BCUT2D eigenvalue weighted by Crippen LogP contribution is -2.22. The maximum Gasteiger partial charge on any atom is 0.309 e. The monoisotopic (exact) mass is 302 g/mol. The number of hydrogen-bond donors (Lipinski definition) is 1. The van der Waals surface area contributed by atoms with Crippen LogP contribution in [0.5, 0.6) is 0 Å². The molecule has 1 aliphatic carbocycles. The molecule has 0 aromatic carbocycles. The smallest absolute Gasteiger partial charge is 0.309 e. The average molecular weight is 303 g/mol. The van der Waals surface area contributed by atoms with Crippen LogP contribution in [0, 0.1) is 11.8 Å². The summed E-state index contributed by atoms with van der Waals surface area (Å²) in [6.45, 7) is 1.62. The molecule has 0 radical (unpaired) electrons. The van der Waals surface area contributed by atoms with E-state index in [-0.39, 0.29) is 29.3 Å².